The molecule has 2 aromatic carbocycles. The Morgan fingerprint density at radius 3 is 2.10 bits per heavy atom. The van der Waals surface area contributed by atoms with E-state index in [1.807, 2.05) is 59.7 Å². The lowest BCUT2D eigenvalue weighted by molar-refractivity contribution is 0.556. The van der Waals surface area contributed by atoms with E-state index in [0.29, 0.717) is 12.0 Å². The maximum Gasteiger partial charge on any atom is 0.214 e. The molecule has 0 bridgehead atoms. The first-order chi connectivity index (χ1) is 13.4. The van der Waals surface area contributed by atoms with Crippen LogP contribution in [0.4, 0.5) is 10.1 Å². The second-order valence-electron chi connectivity index (χ2n) is 8.42. The molecule has 4 nitrogen and oxygen atoms in total. The fourth-order valence-corrected chi connectivity index (χ4v) is 4.70. The lowest BCUT2D eigenvalue weighted by Crippen LogP contribution is -2.38. The summed E-state index contributed by atoms with van der Waals surface area (Å²) in [6.07, 6.45) is 0.411. The number of sulfonamides is 1. The molecule has 160 valence electrons. The van der Waals surface area contributed by atoms with E-state index in [1.54, 1.807) is 13.0 Å². The molecule has 0 saturated carbocycles. The molecule has 0 amide bonds. The van der Waals surface area contributed by atoms with Gasteiger partial charge in [-0.25, -0.2) is 17.5 Å². The zero-order valence-electron chi connectivity index (χ0n) is 18.4. The summed E-state index contributed by atoms with van der Waals surface area (Å²) < 4.78 is 42.2. The van der Waals surface area contributed by atoms with Gasteiger partial charge in [-0.2, -0.15) is 0 Å². The first kappa shape index (κ1) is 23.4. The fraction of sp³-hybridized carbons (Fsp3) is 0.478. The van der Waals surface area contributed by atoms with Crippen molar-refractivity contribution in [3.05, 3.63) is 52.8 Å². The van der Waals surface area contributed by atoms with Crippen molar-refractivity contribution in [1.82, 2.24) is 4.72 Å². The minimum absolute atomic E-state index is 0.135. The number of halogens is 1. The first-order valence-electron chi connectivity index (χ1n) is 10.1. The van der Waals surface area contributed by atoms with Crippen LogP contribution < -0.4 is 10.0 Å². The van der Waals surface area contributed by atoms with Crippen molar-refractivity contribution in [2.24, 2.45) is 0 Å². The monoisotopic (exact) mass is 420 g/mol. The van der Waals surface area contributed by atoms with Gasteiger partial charge in [-0.3, -0.25) is 0 Å². The van der Waals surface area contributed by atoms with Crippen LogP contribution in [0.3, 0.4) is 0 Å². The predicted molar refractivity (Wildman–Crippen MR) is 120 cm³/mol. The number of hydrogen-bond acceptors (Lipinski definition) is 3. The molecule has 0 heterocycles. The minimum atomic E-state index is -3.39. The summed E-state index contributed by atoms with van der Waals surface area (Å²) in [4.78, 5) is 0. The Balaban J connectivity index is 2.32. The van der Waals surface area contributed by atoms with Gasteiger partial charge in [-0.15, -0.1) is 0 Å². The highest BCUT2D eigenvalue weighted by molar-refractivity contribution is 7.90. The minimum Gasteiger partial charge on any atom is -0.383 e. The van der Waals surface area contributed by atoms with Crippen LogP contribution in [0.5, 0.6) is 0 Å². The molecule has 0 spiro atoms. The van der Waals surface area contributed by atoms with Crippen molar-refractivity contribution in [2.45, 2.75) is 72.2 Å². The third-order valence-electron chi connectivity index (χ3n) is 4.83. The van der Waals surface area contributed by atoms with E-state index >= 15 is 0 Å². The summed E-state index contributed by atoms with van der Waals surface area (Å²) in [6, 6.07) is 9.22. The van der Waals surface area contributed by atoms with Crippen molar-refractivity contribution >= 4 is 15.7 Å². The lowest BCUT2D eigenvalue weighted by Gasteiger charge is -2.19. The Morgan fingerprint density at radius 1 is 0.897 bits per heavy atom. The Hall–Kier alpha value is -1.92. The van der Waals surface area contributed by atoms with Crippen molar-refractivity contribution < 1.29 is 12.8 Å². The third kappa shape index (κ3) is 6.03. The van der Waals surface area contributed by atoms with Gasteiger partial charge < -0.3 is 5.32 Å². The lowest BCUT2D eigenvalue weighted by atomic mass is 9.93. The number of rotatable bonds is 8. The van der Waals surface area contributed by atoms with Gasteiger partial charge >= 0.3 is 0 Å². The third-order valence-corrected chi connectivity index (χ3v) is 6.86. The maximum absolute atomic E-state index is 14.8. The summed E-state index contributed by atoms with van der Waals surface area (Å²) in [6.45, 7) is 13.2. The summed E-state index contributed by atoms with van der Waals surface area (Å²) in [7, 11) is -3.39. The topological polar surface area (TPSA) is 58.2 Å². The molecule has 1 atom stereocenters. The maximum atomic E-state index is 14.8. The fourth-order valence-electron chi connectivity index (χ4n) is 3.41. The van der Waals surface area contributed by atoms with Crippen molar-refractivity contribution in [2.75, 3.05) is 5.32 Å². The molecule has 0 aliphatic heterocycles. The molecular weight excluding hydrogens is 387 g/mol. The molecule has 0 radical (unpaired) electrons. The van der Waals surface area contributed by atoms with E-state index in [2.05, 4.69) is 10.0 Å². The van der Waals surface area contributed by atoms with Gasteiger partial charge in [0.1, 0.15) is 5.82 Å². The van der Waals surface area contributed by atoms with Crippen LogP contribution in [0.2, 0.25) is 0 Å². The highest BCUT2D eigenvalue weighted by Crippen LogP contribution is 2.31. The molecule has 29 heavy (non-hydrogen) atoms. The largest absolute Gasteiger partial charge is 0.383 e. The molecule has 6 heteroatoms. The first-order valence-corrected chi connectivity index (χ1v) is 11.6. The van der Waals surface area contributed by atoms with Gasteiger partial charge in [0.2, 0.25) is 10.0 Å². The van der Waals surface area contributed by atoms with Crippen LogP contribution in [0.25, 0.3) is 11.1 Å². The van der Waals surface area contributed by atoms with E-state index in [4.69, 9.17) is 0 Å². The standard InChI is InChI=1S/C23H33FN2O2S/c1-14(2)25-20-8-9-21(23(24)13-20)22-11-16(5)19(10-17(22)6)12-18(7)29(27,28)26-15(3)4/h8-11,13-15,18,25-26H,12H2,1-7H3. The van der Waals surface area contributed by atoms with Crippen molar-refractivity contribution in [1.29, 1.82) is 0 Å². The zero-order valence-corrected chi connectivity index (χ0v) is 19.2. The van der Waals surface area contributed by atoms with Gasteiger partial charge in [-0.1, -0.05) is 12.1 Å². The van der Waals surface area contributed by atoms with Gasteiger partial charge in [-0.05, 0) is 95.3 Å². The van der Waals surface area contributed by atoms with Crippen LogP contribution in [0.1, 0.15) is 51.3 Å². The normalized spacial score (nSPS) is 13.2. The molecule has 0 aliphatic rings. The molecule has 0 aromatic heterocycles. The summed E-state index contributed by atoms with van der Waals surface area (Å²) >= 11 is 0. The molecular formula is C23H33FN2O2S. The van der Waals surface area contributed by atoms with Crippen LogP contribution >= 0.6 is 0 Å². The second kappa shape index (κ2) is 9.26. The Bertz CT molecular complexity index is 969. The van der Waals surface area contributed by atoms with E-state index in [1.165, 1.54) is 6.07 Å². The molecule has 0 aliphatic carbocycles. The van der Waals surface area contributed by atoms with Crippen LogP contribution in [0.15, 0.2) is 30.3 Å². The predicted octanol–water partition coefficient (Wildman–Crippen LogP) is 5.19. The van der Waals surface area contributed by atoms with Crippen molar-refractivity contribution in [3.8, 4) is 11.1 Å². The number of hydrogen-bond donors (Lipinski definition) is 2. The van der Waals surface area contributed by atoms with Gasteiger partial charge in [0.05, 0.1) is 5.25 Å². The van der Waals surface area contributed by atoms with E-state index in [-0.39, 0.29) is 17.9 Å². The summed E-state index contributed by atoms with van der Waals surface area (Å²) in [5.41, 5.74) is 4.98. The van der Waals surface area contributed by atoms with E-state index in [0.717, 1.165) is 27.9 Å². The van der Waals surface area contributed by atoms with Gasteiger partial charge in [0.25, 0.3) is 0 Å². The van der Waals surface area contributed by atoms with Gasteiger partial charge in [0.15, 0.2) is 0 Å². The molecule has 2 N–H and O–H groups in total. The molecule has 0 saturated heterocycles. The average molecular weight is 421 g/mol. The summed E-state index contributed by atoms with van der Waals surface area (Å²) in [5.74, 6) is -0.275. The molecule has 0 fully saturated rings. The highest BCUT2D eigenvalue weighted by Gasteiger charge is 2.23. The van der Waals surface area contributed by atoms with Crippen LogP contribution in [-0.4, -0.2) is 25.8 Å². The SMILES string of the molecule is Cc1cc(-c2ccc(NC(C)C)cc2F)c(C)cc1CC(C)S(=O)(=O)NC(C)C. The molecule has 2 aromatic rings. The molecule has 1 unspecified atom stereocenters. The van der Waals surface area contributed by atoms with Crippen molar-refractivity contribution in [3.63, 3.8) is 0 Å². The molecule has 2 rings (SSSR count). The number of aryl methyl sites for hydroxylation is 2. The summed E-state index contributed by atoms with van der Waals surface area (Å²) in [5, 5.41) is 2.66. The highest BCUT2D eigenvalue weighted by atomic mass is 32.2. The zero-order chi connectivity index (χ0) is 21.9. The number of benzene rings is 2. The van der Waals surface area contributed by atoms with Crippen LogP contribution in [-0.2, 0) is 16.4 Å². The van der Waals surface area contributed by atoms with E-state index < -0.39 is 15.3 Å². The Morgan fingerprint density at radius 2 is 1.55 bits per heavy atom. The second-order valence-corrected chi connectivity index (χ2v) is 10.6. The number of anilines is 1. The quantitative estimate of drug-likeness (QED) is 0.618. The number of nitrogens with one attached hydrogen (secondary N) is 2. The Labute approximate surface area is 175 Å². The average Bonchev–Trinajstić information content (AvgIpc) is 2.56. The Kier molecular flexibility index (Phi) is 7.46. The van der Waals surface area contributed by atoms with Crippen LogP contribution in [0, 0.1) is 19.7 Å². The smallest absolute Gasteiger partial charge is 0.214 e. The van der Waals surface area contributed by atoms with Gasteiger partial charge in [0, 0.05) is 23.3 Å². The van der Waals surface area contributed by atoms with E-state index in [9.17, 15) is 12.8 Å².